The Morgan fingerprint density at radius 1 is 1.29 bits per heavy atom. The van der Waals surface area contributed by atoms with Crippen LogP contribution in [0.2, 0.25) is 0 Å². The van der Waals surface area contributed by atoms with Crippen molar-refractivity contribution in [3.8, 4) is 0 Å². The molecule has 0 saturated carbocycles. The Morgan fingerprint density at radius 3 is 2.53 bits per heavy atom. The molecule has 4 heteroatoms. The Hall–Kier alpha value is -0.870. The molecule has 0 aliphatic rings. The van der Waals surface area contributed by atoms with E-state index < -0.39 is 9.84 Å². The van der Waals surface area contributed by atoms with E-state index in [1.54, 1.807) is 0 Å². The van der Waals surface area contributed by atoms with Gasteiger partial charge in [0.25, 0.3) is 0 Å². The summed E-state index contributed by atoms with van der Waals surface area (Å²) in [5.74, 6) is 0.597. The quantitative estimate of drug-likeness (QED) is 0.847. The van der Waals surface area contributed by atoms with Crippen LogP contribution in [0.15, 0.2) is 24.3 Å². The van der Waals surface area contributed by atoms with Gasteiger partial charge in [-0.25, -0.2) is 8.42 Å². The fourth-order valence-corrected chi connectivity index (χ4v) is 3.62. The Bertz CT molecular complexity index is 454. The second-order valence-corrected chi connectivity index (χ2v) is 6.70. The van der Waals surface area contributed by atoms with Gasteiger partial charge in [-0.3, -0.25) is 0 Å². The smallest absolute Gasteiger partial charge is 0.154 e. The first-order valence-corrected chi connectivity index (χ1v) is 7.77. The Balaban J connectivity index is 2.75. The number of benzene rings is 1. The second kappa shape index (κ2) is 6.17. The molecule has 0 aliphatic carbocycles. The lowest BCUT2D eigenvalue weighted by molar-refractivity contribution is 0.563. The van der Waals surface area contributed by atoms with Gasteiger partial charge in [-0.2, -0.15) is 0 Å². The van der Waals surface area contributed by atoms with E-state index in [-0.39, 0.29) is 17.4 Å². The maximum Gasteiger partial charge on any atom is 0.154 e. The third-order valence-electron chi connectivity index (χ3n) is 2.85. The van der Waals surface area contributed by atoms with Crippen LogP contribution in [-0.2, 0) is 22.1 Å². The summed E-state index contributed by atoms with van der Waals surface area (Å²) < 4.78 is 23.9. The minimum absolute atomic E-state index is 0.116. The molecule has 1 unspecified atom stereocenters. The first kappa shape index (κ1) is 14.2. The average molecular weight is 255 g/mol. The molecule has 1 rings (SSSR count). The highest BCUT2D eigenvalue weighted by Crippen LogP contribution is 2.13. The van der Waals surface area contributed by atoms with Gasteiger partial charge in [-0.05, 0) is 17.0 Å². The van der Waals surface area contributed by atoms with Gasteiger partial charge in [0.2, 0.25) is 0 Å². The first-order valence-electron chi connectivity index (χ1n) is 5.95. The molecule has 3 nitrogen and oxygen atoms in total. The minimum atomic E-state index is -3.01. The zero-order valence-corrected chi connectivity index (χ0v) is 11.3. The molecule has 17 heavy (non-hydrogen) atoms. The molecular weight excluding hydrogens is 234 g/mol. The molecule has 0 radical (unpaired) electrons. The van der Waals surface area contributed by atoms with E-state index >= 15 is 0 Å². The summed E-state index contributed by atoms with van der Waals surface area (Å²) >= 11 is 0. The lowest BCUT2D eigenvalue weighted by Gasteiger charge is -2.10. The van der Waals surface area contributed by atoms with Crippen LogP contribution in [0.1, 0.15) is 31.4 Å². The molecule has 0 heterocycles. The third kappa shape index (κ3) is 4.88. The molecule has 1 aromatic rings. The molecule has 0 aromatic heterocycles. The van der Waals surface area contributed by atoms with Gasteiger partial charge in [-0.1, -0.05) is 44.5 Å². The Labute approximate surface area is 104 Å². The molecule has 0 aliphatic heterocycles. The van der Waals surface area contributed by atoms with Crippen LogP contribution >= 0.6 is 0 Å². The second-order valence-electron chi connectivity index (χ2n) is 4.59. The van der Waals surface area contributed by atoms with Crippen LogP contribution in [0.5, 0.6) is 0 Å². The number of hydrogen-bond acceptors (Lipinski definition) is 3. The summed E-state index contributed by atoms with van der Waals surface area (Å²) in [4.78, 5) is 0. The molecule has 0 amide bonds. The predicted molar refractivity (Wildman–Crippen MR) is 71.3 cm³/mol. The van der Waals surface area contributed by atoms with Crippen LogP contribution in [0.25, 0.3) is 0 Å². The van der Waals surface area contributed by atoms with Gasteiger partial charge >= 0.3 is 0 Å². The molecule has 1 atom stereocenters. The summed E-state index contributed by atoms with van der Waals surface area (Å²) in [6.07, 6.45) is 0.891. The summed E-state index contributed by atoms with van der Waals surface area (Å²) in [7, 11) is -3.01. The van der Waals surface area contributed by atoms with Crippen molar-refractivity contribution in [3.63, 3.8) is 0 Å². The van der Waals surface area contributed by atoms with Crippen molar-refractivity contribution in [3.05, 3.63) is 35.4 Å². The van der Waals surface area contributed by atoms with Crippen molar-refractivity contribution < 1.29 is 8.42 Å². The largest absolute Gasteiger partial charge is 0.326 e. The van der Waals surface area contributed by atoms with Crippen molar-refractivity contribution in [2.45, 2.75) is 32.6 Å². The van der Waals surface area contributed by atoms with E-state index in [0.29, 0.717) is 6.54 Å². The summed E-state index contributed by atoms with van der Waals surface area (Å²) in [6, 6.07) is 7.47. The van der Waals surface area contributed by atoms with Crippen molar-refractivity contribution >= 4 is 9.84 Å². The van der Waals surface area contributed by atoms with Crippen molar-refractivity contribution in [1.29, 1.82) is 0 Å². The van der Waals surface area contributed by atoms with Crippen molar-refractivity contribution in [2.24, 2.45) is 11.7 Å². The average Bonchev–Trinajstić information content (AvgIpc) is 2.27. The summed E-state index contributed by atoms with van der Waals surface area (Å²) in [6.45, 7) is 4.42. The Morgan fingerprint density at radius 2 is 1.94 bits per heavy atom. The third-order valence-corrected chi connectivity index (χ3v) is 4.70. The molecule has 0 fully saturated rings. The number of rotatable bonds is 6. The maximum atomic E-state index is 11.9. The van der Waals surface area contributed by atoms with Gasteiger partial charge < -0.3 is 5.73 Å². The molecule has 96 valence electrons. The molecule has 0 bridgehead atoms. The number of nitrogens with two attached hydrogens (primary N) is 1. The van der Waals surface area contributed by atoms with Gasteiger partial charge in [0, 0.05) is 6.54 Å². The van der Waals surface area contributed by atoms with Crippen LogP contribution in [0.3, 0.4) is 0 Å². The van der Waals surface area contributed by atoms with Gasteiger partial charge in [0.1, 0.15) is 0 Å². The van der Waals surface area contributed by atoms with E-state index in [1.165, 1.54) is 0 Å². The monoisotopic (exact) mass is 255 g/mol. The maximum absolute atomic E-state index is 11.9. The standard InChI is InChI=1S/C13H21NO2S/c1-3-11(2)9-17(15,16)10-13-6-4-5-12(7-13)8-14/h4-7,11H,3,8-10,14H2,1-2H3. The SMILES string of the molecule is CCC(C)CS(=O)(=O)Cc1cccc(CN)c1. The molecule has 0 saturated heterocycles. The van der Waals surface area contributed by atoms with Gasteiger partial charge in [0.05, 0.1) is 11.5 Å². The van der Waals surface area contributed by atoms with Crippen molar-refractivity contribution in [1.82, 2.24) is 0 Å². The summed E-state index contributed by atoms with van der Waals surface area (Å²) in [5, 5.41) is 0. The van der Waals surface area contributed by atoms with Gasteiger partial charge in [-0.15, -0.1) is 0 Å². The van der Waals surface area contributed by atoms with E-state index in [9.17, 15) is 8.42 Å². The molecule has 0 spiro atoms. The van der Waals surface area contributed by atoms with E-state index in [2.05, 4.69) is 0 Å². The highest BCUT2D eigenvalue weighted by molar-refractivity contribution is 7.90. The van der Waals surface area contributed by atoms with Crippen LogP contribution < -0.4 is 5.73 Å². The van der Waals surface area contributed by atoms with E-state index in [0.717, 1.165) is 17.5 Å². The Kier molecular flexibility index (Phi) is 5.15. The lowest BCUT2D eigenvalue weighted by Crippen LogP contribution is -2.15. The number of sulfone groups is 1. The lowest BCUT2D eigenvalue weighted by atomic mass is 10.1. The number of hydrogen-bond donors (Lipinski definition) is 1. The molecule has 2 N–H and O–H groups in total. The fourth-order valence-electron chi connectivity index (χ4n) is 1.71. The first-order chi connectivity index (χ1) is 7.96. The van der Waals surface area contributed by atoms with E-state index in [4.69, 9.17) is 5.73 Å². The fraction of sp³-hybridized carbons (Fsp3) is 0.538. The van der Waals surface area contributed by atoms with E-state index in [1.807, 2.05) is 38.1 Å². The molecular formula is C13H21NO2S. The summed E-state index contributed by atoms with van der Waals surface area (Å²) in [5.41, 5.74) is 7.34. The van der Waals surface area contributed by atoms with Crippen LogP contribution in [0.4, 0.5) is 0 Å². The zero-order chi connectivity index (χ0) is 12.9. The highest BCUT2D eigenvalue weighted by atomic mass is 32.2. The minimum Gasteiger partial charge on any atom is -0.326 e. The molecule has 1 aromatic carbocycles. The highest BCUT2D eigenvalue weighted by Gasteiger charge is 2.15. The van der Waals surface area contributed by atoms with Crippen molar-refractivity contribution in [2.75, 3.05) is 5.75 Å². The zero-order valence-electron chi connectivity index (χ0n) is 10.5. The van der Waals surface area contributed by atoms with Gasteiger partial charge in [0.15, 0.2) is 9.84 Å². The topological polar surface area (TPSA) is 60.2 Å². The predicted octanol–water partition coefficient (Wildman–Crippen LogP) is 2.11. The normalized spacial score (nSPS) is 13.6. The van der Waals surface area contributed by atoms with Crippen LogP contribution in [-0.4, -0.2) is 14.2 Å². The van der Waals surface area contributed by atoms with Crippen LogP contribution in [0, 0.1) is 5.92 Å².